The van der Waals surface area contributed by atoms with E-state index in [4.69, 9.17) is 0 Å². The topological polar surface area (TPSA) is 24.4 Å². The van der Waals surface area contributed by atoms with Gasteiger partial charge < -0.3 is 0 Å². The van der Waals surface area contributed by atoms with E-state index in [1.54, 1.807) is 0 Å². The molecule has 0 fully saturated rings. The van der Waals surface area contributed by atoms with Gasteiger partial charge in [-0.1, -0.05) is 58.4 Å². The Hall–Kier alpha value is -1.61. The van der Waals surface area contributed by atoms with Crippen molar-refractivity contribution in [2.75, 3.05) is 5.43 Å². The van der Waals surface area contributed by atoms with Crippen LogP contribution in [0.5, 0.6) is 0 Å². The molecule has 3 heteroatoms. The minimum absolute atomic E-state index is 0.834. The number of benzene rings is 2. The first-order valence-electron chi connectivity index (χ1n) is 5.38. The lowest BCUT2D eigenvalue weighted by atomic mass is 10.1. The normalized spacial score (nSPS) is 10.6. The van der Waals surface area contributed by atoms with Gasteiger partial charge >= 0.3 is 0 Å². The Morgan fingerprint density at radius 1 is 1.00 bits per heavy atom. The minimum atomic E-state index is 0.834. The second-order valence-corrected chi connectivity index (χ2v) is 4.13. The van der Waals surface area contributed by atoms with Crippen LogP contribution in [0.4, 0.5) is 5.69 Å². The van der Waals surface area contributed by atoms with Crippen LogP contribution in [-0.2, 0) is 5.33 Å². The van der Waals surface area contributed by atoms with Gasteiger partial charge in [-0.15, -0.1) is 0 Å². The summed E-state index contributed by atoms with van der Waals surface area (Å²) in [4.78, 5) is 0. The summed E-state index contributed by atoms with van der Waals surface area (Å²) in [5, 5.41) is 5.06. The molecule has 2 rings (SSSR count). The van der Waals surface area contributed by atoms with E-state index >= 15 is 0 Å². The van der Waals surface area contributed by atoms with E-state index < -0.39 is 0 Å². The monoisotopic (exact) mass is 288 g/mol. The Kier molecular flexibility index (Phi) is 4.33. The standard InChI is InChI=1S/C14H13BrN2/c15-10-12-6-4-5-7-13(12)11-16-17-14-8-2-1-3-9-14/h1-9,11,17H,10H2. The first kappa shape index (κ1) is 11.9. The van der Waals surface area contributed by atoms with E-state index in [1.165, 1.54) is 5.56 Å². The molecule has 2 aromatic carbocycles. The highest BCUT2D eigenvalue weighted by molar-refractivity contribution is 9.08. The van der Waals surface area contributed by atoms with Crippen LogP contribution < -0.4 is 5.43 Å². The Labute approximate surface area is 110 Å². The lowest BCUT2D eigenvalue weighted by molar-refractivity contribution is 1.34. The third-order valence-electron chi connectivity index (χ3n) is 2.37. The summed E-state index contributed by atoms with van der Waals surface area (Å²) in [5.41, 5.74) is 6.33. The van der Waals surface area contributed by atoms with Gasteiger partial charge in [0.2, 0.25) is 0 Å². The van der Waals surface area contributed by atoms with E-state index in [9.17, 15) is 0 Å². The maximum Gasteiger partial charge on any atom is 0.0561 e. The quantitative estimate of drug-likeness (QED) is 0.513. The van der Waals surface area contributed by atoms with Crippen LogP contribution in [0.15, 0.2) is 59.7 Å². The lowest BCUT2D eigenvalue weighted by Crippen LogP contribution is -1.93. The molecule has 86 valence electrons. The van der Waals surface area contributed by atoms with Crippen molar-refractivity contribution in [3.05, 3.63) is 65.7 Å². The van der Waals surface area contributed by atoms with Gasteiger partial charge in [0.15, 0.2) is 0 Å². The van der Waals surface area contributed by atoms with Crippen molar-refractivity contribution >= 4 is 27.8 Å². The number of hydrazone groups is 1. The van der Waals surface area contributed by atoms with Crippen LogP contribution in [0, 0.1) is 0 Å². The number of hydrogen-bond donors (Lipinski definition) is 1. The molecular formula is C14H13BrN2. The predicted molar refractivity (Wildman–Crippen MR) is 76.7 cm³/mol. The van der Waals surface area contributed by atoms with E-state index in [0.717, 1.165) is 16.6 Å². The number of alkyl halides is 1. The molecule has 0 radical (unpaired) electrons. The number of halogens is 1. The second kappa shape index (κ2) is 6.21. The molecule has 2 nitrogen and oxygen atoms in total. The molecule has 0 saturated heterocycles. The molecule has 0 heterocycles. The van der Waals surface area contributed by atoms with Gasteiger partial charge in [-0.2, -0.15) is 5.10 Å². The fourth-order valence-electron chi connectivity index (χ4n) is 1.47. The molecule has 0 unspecified atom stereocenters. The van der Waals surface area contributed by atoms with Crippen molar-refractivity contribution in [1.29, 1.82) is 0 Å². The van der Waals surface area contributed by atoms with E-state index in [-0.39, 0.29) is 0 Å². The van der Waals surface area contributed by atoms with Crippen LogP contribution in [0.3, 0.4) is 0 Å². The Morgan fingerprint density at radius 3 is 2.47 bits per heavy atom. The van der Waals surface area contributed by atoms with Gasteiger partial charge in [0.05, 0.1) is 11.9 Å². The van der Waals surface area contributed by atoms with Crippen molar-refractivity contribution in [2.45, 2.75) is 5.33 Å². The van der Waals surface area contributed by atoms with Gasteiger partial charge in [-0.3, -0.25) is 5.43 Å². The molecule has 17 heavy (non-hydrogen) atoms. The summed E-state index contributed by atoms with van der Waals surface area (Å²) in [7, 11) is 0. The third kappa shape index (κ3) is 3.43. The number of rotatable bonds is 4. The molecule has 1 N–H and O–H groups in total. The van der Waals surface area contributed by atoms with E-state index in [1.807, 2.05) is 54.7 Å². The molecule has 0 amide bonds. The second-order valence-electron chi connectivity index (χ2n) is 3.57. The Morgan fingerprint density at radius 2 is 1.71 bits per heavy atom. The summed E-state index contributed by atoms with van der Waals surface area (Å²) in [6.07, 6.45) is 1.84. The number of para-hydroxylation sites is 1. The first-order chi connectivity index (χ1) is 8.40. The van der Waals surface area contributed by atoms with Crippen LogP contribution in [0.1, 0.15) is 11.1 Å². The van der Waals surface area contributed by atoms with Crippen LogP contribution >= 0.6 is 15.9 Å². The highest BCUT2D eigenvalue weighted by Crippen LogP contribution is 2.10. The smallest absolute Gasteiger partial charge is 0.0561 e. The fraction of sp³-hybridized carbons (Fsp3) is 0.0714. The SMILES string of the molecule is BrCc1ccccc1C=NNc1ccccc1. The summed E-state index contributed by atoms with van der Waals surface area (Å²) in [6.45, 7) is 0. The maximum absolute atomic E-state index is 4.22. The summed E-state index contributed by atoms with van der Waals surface area (Å²) < 4.78 is 0. The molecule has 0 aliphatic rings. The molecule has 2 aromatic rings. The third-order valence-corrected chi connectivity index (χ3v) is 2.97. The molecule has 0 spiro atoms. The zero-order chi connectivity index (χ0) is 11.9. The van der Waals surface area contributed by atoms with E-state index in [0.29, 0.717) is 0 Å². The number of hydrogen-bond acceptors (Lipinski definition) is 2. The van der Waals surface area contributed by atoms with Crippen molar-refractivity contribution in [3.63, 3.8) is 0 Å². The Balaban J connectivity index is 2.06. The zero-order valence-corrected chi connectivity index (χ0v) is 10.9. The van der Waals surface area contributed by atoms with Gasteiger partial charge in [0, 0.05) is 5.33 Å². The number of nitrogens with one attached hydrogen (secondary N) is 1. The van der Waals surface area contributed by atoms with Gasteiger partial charge in [-0.25, -0.2) is 0 Å². The van der Waals surface area contributed by atoms with Gasteiger partial charge in [0.25, 0.3) is 0 Å². The van der Waals surface area contributed by atoms with Crippen LogP contribution in [0.2, 0.25) is 0 Å². The van der Waals surface area contributed by atoms with Crippen molar-refractivity contribution in [2.24, 2.45) is 5.10 Å². The molecule has 0 bridgehead atoms. The summed E-state index contributed by atoms with van der Waals surface area (Å²) in [6, 6.07) is 18.1. The summed E-state index contributed by atoms with van der Waals surface area (Å²) >= 11 is 3.46. The van der Waals surface area contributed by atoms with E-state index in [2.05, 4.69) is 32.5 Å². The van der Waals surface area contributed by atoms with Crippen LogP contribution in [-0.4, -0.2) is 6.21 Å². The van der Waals surface area contributed by atoms with Crippen LogP contribution in [0.25, 0.3) is 0 Å². The zero-order valence-electron chi connectivity index (χ0n) is 9.31. The van der Waals surface area contributed by atoms with Gasteiger partial charge in [0.1, 0.15) is 0 Å². The number of nitrogens with zero attached hydrogens (tertiary/aromatic N) is 1. The largest absolute Gasteiger partial charge is 0.279 e. The van der Waals surface area contributed by atoms with Crippen molar-refractivity contribution in [1.82, 2.24) is 0 Å². The molecule has 0 saturated carbocycles. The first-order valence-corrected chi connectivity index (χ1v) is 6.50. The minimum Gasteiger partial charge on any atom is -0.279 e. The predicted octanol–water partition coefficient (Wildman–Crippen LogP) is 4.03. The number of anilines is 1. The molecule has 0 aliphatic heterocycles. The lowest BCUT2D eigenvalue weighted by Gasteiger charge is -2.02. The molecule has 0 atom stereocenters. The molecular weight excluding hydrogens is 276 g/mol. The van der Waals surface area contributed by atoms with Crippen molar-refractivity contribution < 1.29 is 0 Å². The summed E-state index contributed by atoms with van der Waals surface area (Å²) in [5.74, 6) is 0. The fourth-order valence-corrected chi connectivity index (χ4v) is 1.98. The average Bonchev–Trinajstić information content (AvgIpc) is 2.40. The van der Waals surface area contributed by atoms with Gasteiger partial charge in [-0.05, 0) is 23.3 Å². The molecule has 0 aliphatic carbocycles. The molecule has 0 aromatic heterocycles. The maximum atomic E-state index is 4.22. The highest BCUT2D eigenvalue weighted by Gasteiger charge is 1.95. The highest BCUT2D eigenvalue weighted by atomic mass is 79.9. The Bertz CT molecular complexity index is 495. The van der Waals surface area contributed by atoms with Crippen molar-refractivity contribution in [3.8, 4) is 0 Å². The average molecular weight is 289 g/mol.